The van der Waals surface area contributed by atoms with E-state index in [4.69, 9.17) is 9.47 Å². The largest absolute Gasteiger partial charge is 0.449 e. The minimum Gasteiger partial charge on any atom is -0.449 e. The van der Waals surface area contributed by atoms with Crippen molar-refractivity contribution in [2.45, 2.75) is 87.6 Å². The first-order chi connectivity index (χ1) is 16.0. The van der Waals surface area contributed by atoms with E-state index in [2.05, 4.69) is 35.6 Å². The molecule has 2 atom stereocenters. The van der Waals surface area contributed by atoms with Crippen molar-refractivity contribution >= 4 is 12.0 Å². The number of alkyl carbamates (subject to hydrolysis) is 1. The van der Waals surface area contributed by atoms with Gasteiger partial charge < -0.3 is 19.7 Å². The van der Waals surface area contributed by atoms with Crippen molar-refractivity contribution in [3.63, 3.8) is 0 Å². The van der Waals surface area contributed by atoms with Gasteiger partial charge in [-0.3, -0.25) is 4.79 Å². The van der Waals surface area contributed by atoms with Gasteiger partial charge in [0.05, 0.1) is 30.9 Å². The third-order valence-electron chi connectivity index (χ3n) is 8.32. The van der Waals surface area contributed by atoms with Gasteiger partial charge in [0, 0.05) is 18.9 Å². The number of nitrogens with one attached hydrogen (secondary N) is 1. The Bertz CT molecular complexity index is 834. The van der Waals surface area contributed by atoms with Gasteiger partial charge in [-0.15, -0.1) is 0 Å². The second-order valence-corrected chi connectivity index (χ2v) is 10.3. The van der Waals surface area contributed by atoms with E-state index in [-0.39, 0.29) is 24.0 Å². The van der Waals surface area contributed by atoms with Crippen LogP contribution in [0.15, 0.2) is 30.3 Å². The summed E-state index contributed by atoms with van der Waals surface area (Å²) >= 11 is 0. The summed E-state index contributed by atoms with van der Waals surface area (Å²) in [6.45, 7) is 1.39. The first-order valence-corrected chi connectivity index (χ1v) is 12.6. The van der Waals surface area contributed by atoms with E-state index in [1.165, 1.54) is 5.56 Å². The molecule has 4 aliphatic rings. The molecule has 2 aliphatic heterocycles. The molecule has 0 bridgehead atoms. The van der Waals surface area contributed by atoms with Gasteiger partial charge in [0.2, 0.25) is 5.91 Å². The van der Waals surface area contributed by atoms with Crippen LogP contribution >= 0.6 is 0 Å². The van der Waals surface area contributed by atoms with Gasteiger partial charge in [-0.2, -0.15) is 0 Å². The SMILES string of the molecule is O=C1N[C@]2(CCCN(C(=O)C3CC(F)C3)[C@H]2COC2CCC(c3ccccc3)CC2)CCO1. The highest BCUT2D eigenvalue weighted by atomic mass is 19.1. The van der Waals surface area contributed by atoms with Gasteiger partial charge in [-0.05, 0) is 62.8 Å². The van der Waals surface area contributed by atoms with E-state index in [9.17, 15) is 14.0 Å². The van der Waals surface area contributed by atoms with Gasteiger partial charge >= 0.3 is 6.09 Å². The Morgan fingerprint density at radius 1 is 1.15 bits per heavy atom. The Kier molecular flexibility index (Phi) is 6.59. The number of ether oxygens (including phenoxy) is 2. The van der Waals surface area contributed by atoms with Crippen molar-refractivity contribution in [2.75, 3.05) is 19.8 Å². The average Bonchev–Trinajstić information content (AvgIpc) is 2.81. The van der Waals surface area contributed by atoms with Crippen LogP contribution in [0.5, 0.6) is 0 Å². The van der Waals surface area contributed by atoms with Crippen LogP contribution in [0.4, 0.5) is 9.18 Å². The van der Waals surface area contributed by atoms with Crippen molar-refractivity contribution in [2.24, 2.45) is 5.92 Å². The van der Waals surface area contributed by atoms with E-state index in [1.54, 1.807) is 0 Å². The summed E-state index contributed by atoms with van der Waals surface area (Å²) in [7, 11) is 0. The lowest BCUT2D eigenvalue weighted by molar-refractivity contribution is -0.152. The van der Waals surface area contributed by atoms with Crippen molar-refractivity contribution in [1.82, 2.24) is 10.2 Å². The number of rotatable bonds is 5. The minimum atomic E-state index is -0.866. The number of cyclic esters (lactones) is 1. The summed E-state index contributed by atoms with van der Waals surface area (Å²) in [4.78, 5) is 27.3. The number of likely N-dealkylation sites (tertiary alicyclic amines) is 1. The third kappa shape index (κ3) is 4.75. The molecule has 4 fully saturated rings. The van der Waals surface area contributed by atoms with Crippen molar-refractivity contribution in [1.29, 1.82) is 0 Å². The molecule has 2 saturated carbocycles. The van der Waals surface area contributed by atoms with Crippen LogP contribution in [0.3, 0.4) is 0 Å². The second kappa shape index (κ2) is 9.61. The zero-order valence-corrected chi connectivity index (χ0v) is 19.2. The zero-order valence-electron chi connectivity index (χ0n) is 19.2. The fourth-order valence-electron chi connectivity index (χ4n) is 6.26. The Morgan fingerprint density at radius 2 is 1.91 bits per heavy atom. The van der Waals surface area contributed by atoms with Crippen LogP contribution in [-0.4, -0.2) is 60.5 Å². The number of amides is 2. The molecule has 2 aliphatic carbocycles. The molecule has 1 N–H and O–H groups in total. The number of carbonyl (C=O) groups excluding carboxylic acids is 2. The molecule has 33 heavy (non-hydrogen) atoms. The van der Waals surface area contributed by atoms with Crippen LogP contribution in [0.1, 0.15) is 69.3 Å². The Labute approximate surface area is 195 Å². The smallest absolute Gasteiger partial charge is 0.407 e. The van der Waals surface area contributed by atoms with E-state index in [0.29, 0.717) is 44.9 Å². The fourth-order valence-corrected chi connectivity index (χ4v) is 6.26. The molecule has 5 rings (SSSR count). The number of benzene rings is 1. The predicted molar refractivity (Wildman–Crippen MR) is 122 cm³/mol. The minimum absolute atomic E-state index is 0.0186. The molecule has 0 unspecified atom stereocenters. The molecule has 7 heteroatoms. The number of nitrogens with zero attached hydrogens (tertiary/aromatic N) is 1. The Morgan fingerprint density at radius 3 is 2.61 bits per heavy atom. The molecule has 0 radical (unpaired) electrons. The molecular formula is C26H35FN2O4. The van der Waals surface area contributed by atoms with Crippen LogP contribution < -0.4 is 5.32 Å². The average molecular weight is 459 g/mol. The molecule has 6 nitrogen and oxygen atoms in total. The van der Waals surface area contributed by atoms with E-state index in [1.807, 2.05) is 4.90 Å². The maximum atomic E-state index is 13.5. The standard InChI is InChI=1S/C26H35FN2O4/c27-21-15-20(16-21)24(30)29-13-4-11-26(12-14-32-25(31)28-26)23(29)17-33-22-9-7-19(8-10-22)18-5-2-1-3-6-18/h1-3,5-6,19-23H,4,7-17H2,(H,28,31)/t19?,20?,21?,22?,23-,26+/m0/s1. The lowest BCUT2D eigenvalue weighted by Crippen LogP contribution is -2.70. The van der Waals surface area contributed by atoms with E-state index in [0.717, 1.165) is 38.5 Å². The highest BCUT2D eigenvalue weighted by Gasteiger charge is 2.51. The molecule has 2 saturated heterocycles. The highest BCUT2D eigenvalue weighted by molar-refractivity contribution is 5.81. The molecule has 1 spiro atoms. The van der Waals surface area contributed by atoms with Crippen LogP contribution in [-0.2, 0) is 14.3 Å². The molecule has 0 aromatic heterocycles. The van der Waals surface area contributed by atoms with Crippen LogP contribution in [0, 0.1) is 5.92 Å². The number of carbonyl (C=O) groups is 2. The van der Waals surface area contributed by atoms with Gasteiger partial charge in [0.25, 0.3) is 0 Å². The molecule has 180 valence electrons. The predicted octanol–water partition coefficient (Wildman–Crippen LogP) is 4.34. The maximum absolute atomic E-state index is 13.5. The van der Waals surface area contributed by atoms with Gasteiger partial charge in [-0.25, -0.2) is 9.18 Å². The quantitative estimate of drug-likeness (QED) is 0.713. The van der Waals surface area contributed by atoms with E-state index >= 15 is 0 Å². The molecule has 2 heterocycles. The topological polar surface area (TPSA) is 67.9 Å². The lowest BCUT2D eigenvalue weighted by Gasteiger charge is -2.52. The van der Waals surface area contributed by atoms with Gasteiger partial charge in [0.15, 0.2) is 0 Å². The molecule has 2 amide bonds. The van der Waals surface area contributed by atoms with Crippen LogP contribution in [0.2, 0.25) is 0 Å². The fraction of sp³-hybridized carbons (Fsp3) is 0.692. The first-order valence-electron chi connectivity index (χ1n) is 12.6. The summed E-state index contributed by atoms with van der Waals surface area (Å²) < 4.78 is 25.1. The Balaban J connectivity index is 1.25. The monoisotopic (exact) mass is 458 g/mol. The van der Waals surface area contributed by atoms with Crippen molar-refractivity contribution in [3.05, 3.63) is 35.9 Å². The van der Waals surface area contributed by atoms with Gasteiger partial charge in [0.1, 0.15) is 6.17 Å². The second-order valence-electron chi connectivity index (χ2n) is 10.3. The summed E-state index contributed by atoms with van der Waals surface area (Å²) in [5, 5.41) is 3.06. The molecular weight excluding hydrogens is 423 g/mol. The number of alkyl halides is 1. The van der Waals surface area contributed by atoms with Crippen molar-refractivity contribution in [3.8, 4) is 0 Å². The zero-order chi connectivity index (χ0) is 22.8. The number of piperidine rings is 1. The number of hydrogen-bond acceptors (Lipinski definition) is 4. The third-order valence-corrected chi connectivity index (χ3v) is 8.32. The first kappa shape index (κ1) is 22.6. The summed E-state index contributed by atoms with van der Waals surface area (Å²) in [6.07, 6.45) is 5.96. The van der Waals surface area contributed by atoms with Gasteiger partial charge in [-0.1, -0.05) is 30.3 Å². The normalized spacial score (nSPS) is 36.6. The Hall–Kier alpha value is -2.15. The molecule has 1 aromatic carbocycles. The highest BCUT2D eigenvalue weighted by Crippen LogP contribution is 2.39. The lowest BCUT2D eigenvalue weighted by atomic mass is 9.76. The molecule has 1 aromatic rings. The van der Waals surface area contributed by atoms with Crippen LogP contribution in [0.25, 0.3) is 0 Å². The number of halogens is 1. The number of hydrogen-bond donors (Lipinski definition) is 1. The summed E-state index contributed by atoms with van der Waals surface area (Å²) in [5.41, 5.74) is 0.874. The van der Waals surface area contributed by atoms with Crippen molar-refractivity contribution < 1.29 is 23.5 Å². The van der Waals surface area contributed by atoms with E-state index < -0.39 is 17.8 Å². The summed E-state index contributed by atoms with van der Waals surface area (Å²) in [6, 6.07) is 10.4. The maximum Gasteiger partial charge on any atom is 0.407 e. The summed E-state index contributed by atoms with van der Waals surface area (Å²) in [5.74, 6) is 0.354.